The van der Waals surface area contributed by atoms with Gasteiger partial charge >= 0.3 is 11.1 Å². The lowest BCUT2D eigenvalue weighted by molar-refractivity contribution is -0.641. The van der Waals surface area contributed by atoms with Gasteiger partial charge in [0, 0.05) is 0 Å². The SMILES string of the molecule is CCOC(=O)C[n+]1c(N)sc2cc(C(C)C)ccc21. The molecule has 4 nitrogen and oxygen atoms in total. The Balaban J connectivity index is 2.39. The van der Waals surface area contributed by atoms with Gasteiger partial charge in [0.15, 0.2) is 6.54 Å². The lowest BCUT2D eigenvalue weighted by Gasteiger charge is -2.04. The van der Waals surface area contributed by atoms with Gasteiger partial charge < -0.3 is 4.74 Å². The molecule has 0 amide bonds. The number of esters is 1. The Bertz CT molecular complexity index is 605. The summed E-state index contributed by atoms with van der Waals surface area (Å²) in [7, 11) is 0. The first-order chi connectivity index (χ1) is 9.02. The van der Waals surface area contributed by atoms with Crippen molar-refractivity contribution in [3.63, 3.8) is 0 Å². The standard InChI is InChI=1S/C14H18N2O2S/c1-4-18-13(17)8-16-11-6-5-10(9(2)3)7-12(11)19-14(16)15/h5-7,9,15H,4,8H2,1-3H3/p+1. The Kier molecular flexibility index (Phi) is 4.04. The van der Waals surface area contributed by atoms with Gasteiger partial charge in [0.1, 0.15) is 5.52 Å². The number of benzene rings is 1. The van der Waals surface area contributed by atoms with E-state index in [9.17, 15) is 4.79 Å². The highest BCUT2D eigenvalue weighted by Crippen LogP contribution is 2.26. The van der Waals surface area contributed by atoms with Crippen LogP contribution in [0.5, 0.6) is 0 Å². The predicted molar refractivity (Wildman–Crippen MR) is 77.2 cm³/mol. The third-order valence-corrected chi connectivity index (χ3v) is 3.99. The van der Waals surface area contributed by atoms with Crippen LogP contribution in [0.25, 0.3) is 10.2 Å². The first-order valence-corrected chi connectivity index (χ1v) is 7.22. The Morgan fingerprint density at radius 3 is 2.84 bits per heavy atom. The van der Waals surface area contributed by atoms with Crippen molar-refractivity contribution in [1.82, 2.24) is 0 Å². The van der Waals surface area contributed by atoms with E-state index in [4.69, 9.17) is 10.5 Å². The number of carbonyl (C=O) groups excluding carboxylic acids is 1. The van der Waals surface area contributed by atoms with E-state index in [0.717, 1.165) is 10.2 Å². The number of hydrogen-bond donors (Lipinski definition) is 1. The molecule has 0 unspecified atom stereocenters. The van der Waals surface area contributed by atoms with Crippen molar-refractivity contribution in [3.05, 3.63) is 23.8 Å². The summed E-state index contributed by atoms with van der Waals surface area (Å²) in [6.45, 7) is 6.67. The fourth-order valence-corrected chi connectivity index (χ4v) is 2.96. The molecule has 0 atom stereocenters. The second kappa shape index (κ2) is 5.57. The molecule has 0 aliphatic rings. The van der Waals surface area contributed by atoms with Gasteiger partial charge in [-0.1, -0.05) is 19.9 Å². The molecule has 2 aromatic rings. The van der Waals surface area contributed by atoms with Crippen molar-refractivity contribution in [1.29, 1.82) is 0 Å². The van der Waals surface area contributed by atoms with Crippen LogP contribution in [0.2, 0.25) is 0 Å². The smallest absolute Gasteiger partial charge is 0.348 e. The Morgan fingerprint density at radius 1 is 1.47 bits per heavy atom. The van der Waals surface area contributed by atoms with Crippen molar-refractivity contribution in [3.8, 4) is 0 Å². The van der Waals surface area contributed by atoms with E-state index >= 15 is 0 Å². The molecule has 2 rings (SSSR count). The zero-order chi connectivity index (χ0) is 14.0. The van der Waals surface area contributed by atoms with E-state index in [2.05, 4.69) is 26.0 Å². The Labute approximate surface area is 116 Å². The highest BCUT2D eigenvalue weighted by molar-refractivity contribution is 7.21. The maximum atomic E-state index is 11.6. The molecule has 0 aliphatic heterocycles. The number of thiazole rings is 1. The first kappa shape index (κ1) is 13.8. The van der Waals surface area contributed by atoms with Gasteiger partial charge in [-0.3, -0.25) is 5.73 Å². The van der Waals surface area contributed by atoms with Crippen LogP contribution in [-0.2, 0) is 16.1 Å². The van der Waals surface area contributed by atoms with Crippen molar-refractivity contribution < 1.29 is 14.1 Å². The van der Waals surface area contributed by atoms with Gasteiger partial charge in [-0.05, 0) is 41.9 Å². The number of aromatic nitrogens is 1. The molecule has 5 heteroatoms. The summed E-state index contributed by atoms with van der Waals surface area (Å²) in [6.07, 6.45) is 0. The predicted octanol–water partition coefficient (Wildman–Crippen LogP) is 2.46. The molecule has 0 fully saturated rings. The molecule has 0 saturated carbocycles. The van der Waals surface area contributed by atoms with Crippen LogP contribution in [0.1, 0.15) is 32.3 Å². The summed E-state index contributed by atoms with van der Waals surface area (Å²) in [5.41, 5.74) is 8.26. The van der Waals surface area contributed by atoms with E-state index in [1.807, 2.05) is 10.6 Å². The summed E-state index contributed by atoms with van der Waals surface area (Å²) in [4.78, 5) is 11.6. The molecule has 19 heavy (non-hydrogen) atoms. The molecule has 102 valence electrons. The van der Waals surface area contributed by atoms with Crippen LogP contribution < -0.4 is 10.3 Å². The van der Waals surface area contributed by atoms with Gasteiger partial charge in [0.05, 0.1) is 11.3 Å². The van der Waals surface area contributed by atoms with Crippen LogP contribution >= 0.6 is 11.3 Å². The van der Waals surface area contributed by atoms with Gasteiger partial charge in [0.25, 0.3) is 0 Å². The summed E-state index contributed by atoms with van der Waals surface area (Å²) in [5, 5.41) is 0.629. The molecule has 2 N–H and O–H groups in total. The third-order valence-electron chi connectivity index (χ3n) is 3.01. The topological polar surface area (TPSA) is 56.2 Å². The van der Waals surface area contributed by atoms with E-state index in [1.54, 1.807) is 6.92 Å². The Hall–Kier alpha value is -1.62. The molecule has 1 aromatic carbocycles. The minimum atomic E-state index is -0.258. The number of nitrogens with zero attached hydrogens (tertiary/aromatic N) is 1. The highest BCUT2D eigenvalue weighted by Gasteiger charge is 2.19. The van der Waals surface area contributed by atoms with Gasteiger partial charge in [-0.2, -0.15) is 0 Å². The third kappa shape index (κ3) is 2.87. The summed E-state index contributed by atoms with van der Waals surface area (Å²) in [5.74, 6) is 0.220. The van der Waals surface area contributed by atoms with E-state index < -0.39 is 0 Å². The molecule has 1 aromatic heterocycles. The second-order valence-corrected chi connectivity index (χ2v) is 5.78. The molecule has 0 spiro atoms. The van der Waals surface area contributed by atoms with E-state index in [0.29, 0.717) is 17.7 Å². The molecular weight excluding hydrogens is 260 g/mol. The fraction of sp³-hybridized carbons (Fsp3) is 0.429. The largest absolute Gasteiger partial charge is 0.463 e. The molecular formula is C14H19N2O2S+. The maximum absolute atomic E-state index is 11.6. The maximum Gasteiger partial charge on any atom is 0.348 e. The van der Waals surface area contributed by atoms with Crippen LogP contribution in [0.4, 0.5) is 5.13 Å². The first-order valence-electron chi connectivity index (χ1n) is 6.40. The van der Waals surface area contributed by atoms with Crippen LogP contribution in [0, 0.1) is 0 Å². The zero-order valence-corrected chi connectivity index (χ0v) is 12.3. The molecule has 0 saturated heterocycles. The number of ether oxygens (including phenoxy) is 1. The van der Waals surface area contributed by atoms with Gasteiger partial charge in [0.2, 0.25) is 0 Å². The van der Waals surface area contributed by atoms with Crippen molar-refractivity contribution in [2.75, 3.05) is 12.3 Å². The monoisotopic (exact) mass is 279 g/mol. The summed E-state index contributed by atoms with van der Waals surface area (Å²) < 4.78 is 7.88. The second-order valence-electron chi connectivity index (χ2n) is 4.71. The van der Waals surface area contributed by atoms with Crippen LogP contribution in [0.15, 0.2) is 18.2 Å². The van der Waals surface area contributed by atoms with Crippen molar-refractivity contribution in [2.24, 2.45) is 0 Å². The molecule has 0 bridgehead atoms. The Morgan fingerprint density at radius 2 is 2.21 bits per heavy atom. The lowest BCUT2D eigenvalue weighted by Crippen LogP contribution is -2.39. The van der Waals surface area contributed by atoms with Crippen molar-refractivity contribution >= 4 is 32.7 Å². The minimum Gasteiger partial charge on any atom is -0.463 e. The lowest BCUT2D eigenvalue weighted by atomic mass is 10.0. The minimum absolute atomic E-state index is 0.167. The van der Waals surface area contributed by atoms with Crippen molar-refractivity contribution in [2.45, 2.75) is 33.2 Å². The average molecular weight is 279 g/mol. The summed E-state index contributed by atoms with van der Waals surface area (Å²) in [6, 6.07) is 6.25. The number of anilines is 1. The number of rotatable bonds is 4. The number of nitrogens with two attached hydrogens (primary N) is 1. The zero-order valence-electron chi connectivity index (χ0n) is 11.5. The number of carbonyl (C=O) groups is 1. The fourth-order valence-electron chi connectivity index (χ4n) is 1.98. The van der Waals surface area contributed by atoms with Crippen LogP contribution in [0.3, 0.4) is 0 Å². The summed E-state index contributed by atoms with van der Waals surface area (Å²) >= 11 is 1.50. The normalized spacial score (nSPS) is 11.2. The van der Waals surface area contributed by atoms with Crippen LogP contribution in [-0.4, -0.2) is 12.6 Å². The average Bonchev–Trinajstić information content (AvgIpc) is 2.65. The number of nitrogen functional groups attached to an aromatic ring is 1. The number of fused-ring (bicyclic) bond motifs is 1. The van der Waals surface area contributed by atoms with Gasteiger partial charge in [-0.15, -0.1) is 0 Å². The van der Waals surface area contributed by atoms with E-state index in [-0.39, 0.29) is 12.5 Å². The molecule has 0 radical (unpaired) electrons. The van der Waals surface area contributed by atoms with E-state index in [1.165, 1.54) is 16.9 Å². The molecule has 0 aliphatic carbocycles. The number of hydrogen-bond acceptors (Lipinski definition) is 4. The highest BCUT2D eigenvalue weighted by atomic mass is 32.1. The quantitative estimate of drug-likeness (QED) is 0.691. The molecule has 1 heterocycles. The van der Waals surface area contributed by atoms with Gasteiger partial charge in [-0.25, -0.2) is 9.36 Å².